The van der Waals surface area contributed by atoms with Gasteiger partial charge in [-0.25, -0.2) is 9.78 Å². The zero-order chi connectivity index (χ0) is 19.0. The molecule has 8 heteroatoms. The van der Waals surface area contributed by atoms with Gasteiger partial charge in [-0.3, -0.25) is 19.1 Å². The maximum absolute atomic E-state index is 13.2. The molecule has 0 aliphatic carbocycles. The Morgan fingerprint density at radius 3 is 2.46 bits per heavy atom. The van der Waals surface area contributed by atoms with Crippen molar-refractivity contribution in [2.24, 2.45) is 0 Å². The van der Waals surface area contributed by atoms with Crippen LogP contribution in [-0.4, -0.2) is 63.5 Å². The second kappa shape index (κ2) is 7.03. The second-order valence-corrected chi connectivity index (χ2v) is 7.05. The summed E-state index contributed by atoms with van der Waals surface area (Å²) in [6.07, 6.45) is 0. The lowest BCUT2D eigenvalue weighted by Crippen LogP contribution is -2.47. The van der Waals surface area contributed by atoms with E-state index in [-0.39, 0.29) is 22.9 Å². The molecule has 0 unspecified atom stereocenters. The number of hydrogen-bond acceptors (Lipinski definition) is 5. The van der Waals surface area contributed by atoms with Crippen molar-refractivity contribution in [1.82, 2.24) is 24.3 Å². The van der Waals surface area contributed by atoms with E-state index in [1.807, 2.05) is 27.8 Å². The molecular weight excluding hydrogens is 334 g/mol. The van der Waals surface area contributed by atoms with Crippen LogP contribution in [0, 0.1) is 0 Å². The molecule has 1 aliphatic rings. The Morgan fingerprint density at radius 2 is 1.88 bits per heavy atom. The molecule has 0 bridgehead atoms. The van der Waals surface area contributed by atoms with Crippen LogP contribution in [0.25, 0.3) is 11.0 Å². The van der Waals surface area contributed by atoms with Crippen molar-refractivity contribution in [3.63, 3.8) is 0 Å². The van der Waals surface area contributed by atoms with Gasteiger partial charge in [0.15, 0.2) is 5.65 Å². The van der Waals surface area contributed by atoms with E-state index < -0.39 is 11.2 Å². The van der Waals surface area contributed by atoms with E-state index in [0.717, 1.165) is 13.1 Å². The Bertz CT molecular complexity index is 952. The number of amides is 1. The molecule has 1 aliphatic heterocycles. The number of hydrogen-bond donors (Lipinski definition) is 1. The number of carbonyl (C=O) groups excluding carboxylic acids is 1. The molecule has 3 rings (SSSR count). The van der Waals surface area contributed by atoms with Crippen LogP contribution in [0.5, 0.6) is 0 Å². The number of piperazine rings is 1. The number of aromatic amines is 1. The number of carbonyl (C=O) groups is 1. The third kappa shape index (κ3) is 3.16. The molecule has 1 N–H and O–H groups in total. The van der Waals surface area contributed by atoms with Gasteiger partial charge in [-0.1, -0.05) is 13.8 Å². The molecule has 1 fully saturated rings. The highest BCUT2D eigenvalue weighted by molar-refractivity contribution is 6.05. The van der Waals surface area contributed by atoms with E-state index in [2.05, 4.69) is 14.9 Å². The molecule has 2 aromatic heterocycles. The Hall–Kier alpha value is -2.48. The van der Waals surface area contributed by atoms with Gasteiger partial charge >= 0.3 is 5.69 Å². The standard InChI is InChI=1S/C18H25N5O3/c1-5-23-15-14(16(24)20-18(23)26)12(10-13(19-15)11(2)3)17(25)22-8-6-21(4)7-9-22/h10-11H,5-9H2,1-4H3,(H,20,24,26). The van der Waals surface area contributed by atoms with Gasteiger partial charge in [0.2, 0.25) is 0 Å². The van der Waals surface area contributed by atoms with Crippen LogP contribution in [0.4, 0.5) is 0 Å². The lowest BCUT2D eigenvalue weighted by Gasteiger charge is -2.32. The number of nitrogens with zero attached hydrogens (tertiary/aromatic N) is 4. The molecule has 1 amide bonds. The minimum atomic E-state index is -0.560. The van der Waals surface area contributed by atoms with Crippen molar-refractivity contribution in [2.45, 2.75) is 33.2 Å². The van der Waals surface area contributed by atoms with Crippen LogP contribution in [0.1, 0.15) is 42.7 Å². The summed E-state index contributed by atoms with van der Waals surface area (Å²) < 4.78 is 1.41. The monoisotopic (exact) mass is 359 g/mol. The number of aryl methyl sites for hydroxylation is 1. The fourth-order valence-corrected chi connectivity index (χ4v) is 3.23. The third-order valence-electron chi connectivity index (χ3n) is 4.90. The van der Waals surface area contributed by atoms with Crippen molar-refractivity contribution in [2.75, 3.05) is 33.2 Å². The minimum Gasteiger partial charge on any atom is -0.336 e. The fraction of sp³-hybridized carbons (Fsp3) is 0.556. The van der Waals surface area contributed by atoms with E-state index in [9.17, 15) is 14.4 Å². The summed E-state index contributed by atoms with van der Waals surface area (Å²) in [4.78, 5) is 48.6. The maximum atomic E-state index is 13.2. The number of fused-ring (bicyclic) bond motifs is 1. The zero-order valence-corrected chi connectivity index (χ0v) is 15.7. The molecule has 140 valence electrons. The highest BCUT2D eigenvalue weighted by atomic mass is 16.2. The first-order valence-corrected chi connectivity index (χ1v) is 8.99. The van der Waals surface area contributed by atoms with E-state index in [0.29, 0.717) is 30.9 Å². The fourth-order valence-electron chi connectivity index (χ4n) is 3.23. The highest BCUT2D eigenvalue weighted by Gasteiger charge is 2.25. The molecule has 0 spiro atoms. The maximum Gasteiger partial charge on any atom is 0.329 e. The lowest BCUT2D eigenvalue weighted by atomic mass is 10.0. The van der Waals surface area contributed by atoms with E-state index in [1.54, 1.807) is 11.0 Å². The molecule has 3 heterocycles. The smallest absolute Gasteiger partial charge is 0.329 e. The highest BCUT2D eigenvalue weighted by Crippen LogP contribution is 2.21. The van der Waals surface area contributed by atoms with Gasteiger partial charge in [-0.2, -0.15) is 0 Å². The topological polar surface area (TPSA) is 91.3 Å². The van der Waals surface area contributed by atoms with Crippen LogP contribution in [0.15, 0.2) is 15.7 Å². The zero-order valence-electron chi connectivity index (χ0n) is 15.7. The normalized spacial score (nSPS) is 15.8. The van der Waals surface area contributed by atoms with Crippen LogP contribution in [0.3, 0.4) is 0 Å². The number of likely N-dealkylation sites (N-methyl/N-ethyl adjacent to an activating group) is 1. The van der Waals surface area contributed by atoms with Gasteiger partial charge in [-0.15, -0.1) is 0 Å². The van der Waals surface area contributed by atoms with Gasteiger partial charge in [0, 0.05) is 38.4 Å². The molecule has 2 aromatic rings. The van der Waals surface area contributed by atoms with Crippen LogP contribution in [0.2, 0.25) is 0 Å². The first kappa shape index (κ1) is 18.3. The van der Waals surface area contributed by atoms with E-state index in [1.165, 1.54) is 4.57 Å². The summed E-state index contributed by atoms with van der Waals surface area (Å²) in [6.45, 7) is 8.93. The Kier molecular flexibility index (Phi) is 4.95. The SMILES string of the molecule is CCn1c(=O)[nH]c(=O)c2c(C(=O)N3CCN(C)CC3)cc(C(C)C)nc21. The average molecular weight is 359 g/mol. The summed E-state index contributed by atoms with van der Waals surface area (Å²) >= 11 is 0. The lowest BCUT2D eigenvalue weighted by molar-refractivity contribution is 0.0665. The molecule has 0 atom stereocenters. The number of rotatable bonds is 3. The Morgan fingerprint density at radius 1 is 1.23 bits per heavy atom. The molecule has 0 radical (unpaired) electrons. The van der Waals surface area contributed by atoms with Gasteiger partial charge in [0.05, 0.1) is 10.9 Å². The molecular formula is C18H25N5O3. The Labute approximate surface area is 151 Å². The van der Waals surface area contributed by atoms with Crippen molar-refractivity contribution in [3.05, 3.63) is 38.2 Å². The van der Waals surface area contributed by atoms with Gasteiger partial charge in [0.25, 0.3) is 11.5 Å². The number of pyridine rings is 1. The first-order chi connectivity index (χ1) is 12.3. The molecule has 1 saturated heterocycles. The predicted molar refractivity (Wildman–Crippen MR) is 99.8 cm³/mol. The summed E-state index contributed by atoms with van der Waals surface area (Å²) in [5.74, 6) is -0.114. The van der Waals surface area contributed by atoms with E-state index in [4.69, 9.17) is 0 Å². The quantitative estimate of drug-likeness (QED) is 0.867. The third-order valence-corrected chi connectivity index (χ3v) is 4.90. The molecule has 0 aromatic carbocycles. The summed E-state index contributed by atoms with van der Waals surface area (Å²) in [7, 11) is 2.02. The Balaban J connectivity index is 2.25. The van der Waals surface area contributed by atoms with Crippen molar-refractivity contribution >= 4 is 16.9 Å². The number of nitrogens with one attached hydrogen (secondary N) is 1. The van der Waals surface area contributed by atoms with Crippen LogP contribution >= 0.6 is 0 Å². The first-order valence-electron chi connectivity index (χ1n) is 8.99. The molecule has 26 heavy (non-hydrogen) atoms. The minimum absolute atomic E-state index is 0.0677. The van der Waals surface area contributed by atoms with Gasteiger partial charge in [-0.05, 0) is 26.0 Å². The second-order valence-electron chi connectivity index (χ2n) is 7.05. The van der Waals surface area contributed by atoms with Crippen LogP contribution in [-0.2, 0) is 6.54 Å². The summed E-state index contributed by atoms with van der Waals surface area (Å²) in [6, 6.07) is 1.70. The van der Waals surface area contributed by atoms with Crippen LogP contribution < -0.4 is 11.2 Å². The van der Waals surface area contributed by atoms with Crippen molar-refractivity contribution in [1.29, 1.82) is 0 Å². The molecule has 0 saturated carbocycles. The summed E-state index contributed by atoms with van der Waals surface area (Å²) in [5, 5.41) is 0.194. The largest absolute Gasteiger partial charge is 0.336 e. The summed E-state index contributed by atoms with van der Waals surface area (Å²) in [5.41, 5.74) is 0.241. The van der Waals surface area contributed by atoms with Gasteiger partial charge < -0.3 is 9.80 Å². The van der Waals surface area contributed by atoms with Crippen molar-refractivity contribution < 1.29 is 4.79 Å². The van der Waals surface area contributed by atoms with Crippen molar-refractivity contribution in [3.8, 4) is 0 Å². The predicted octanol–water partition coefficient (Wildman–Crippen LogP) is 0.616. The van der Waals surface area contributed by atoms with E-state index >= 15 is 0 Å². The molecule has 8 nitrogen and oxygen atoms in total. The average Bonchev–Trinajstić information content (AvgIpc) is 2.61. The number of H-pyrrole nitrogens is 1. The van der Waals surface area contributed by atoms with Gasteiger partial charge in [0.1, 0.15) is 0 Å². The number of aromatic nitrogens is 3.